The zero-order chi connectivity index (χ0) is 48.9. The van der Waals surface area contributed by atoms with Crippen molar-refractivity contribution in [2.24, 2.45) is 0 Å². The molecule has 66 heavy (non-hydrogen) atoms. The molecule has 0 bridgehead atoms. The number of alkyl carbamates (subject to hydrolysis) is 1. The monoisotopic (exact) mass is 949 g/mol. The summed E-state index contributed by atoms with van der Waals surface area (Å²) in [4.78, 5) is 95.0. The maximum atomic E-state index is 14.4. The molecule has 0 heterocycles. The Morgan fingerprint density at radius 3 is 1.80 bits per heavy atom. The minimum absolute atomic E-state index is 0.000386. The smallest absolute Gasteiger partial charge is 0.407 e. The maximum absolute atomic E-state index is 14.4. The van der Waals surface area contributed by atoms with E-state index in [9.17, 15) is 38.7 Å². The van der Waals surface area contributed by atoms with Crippen LogP contribution in [-0.4, -0.2) is 125 Å². The first kappa shape index (κ1) is 53.0. The van der Waals surface area contributed by atoms with E-state index in [1.54, 1.807) is 58.0 Å². The molecule has 6 atom stereocenters. The Morgan fingerprint density at radius 2 is 1.26 bits per heavy atom. The fourth-order valence-electron chi connectivity index (χ4n) is 7.17. The van der Waals surface area contributed by atoms with E-state index in [1.165, 1.54) is 35.6 Å². The molecule has 0 aliphatic heterocycles. The van der Waals surface area contributed by atoms with Crippen LogP contribution in [0, 0.1) is 0 Å². The van der Waals surface area contributed by atoms with E-state index in [0.717, 1.165) is 34.3 Å². The number of nitrogens with one attached hydrogen (secondary N) is 4. The highest BCUT2D eigenvalue weighted by Gasteiger charge is 2.38. The lowest BCUT2D eigenvalue weighted by Crippen LogP contribution is -2.60. The highest BCUT2D eigenvalue weighted by molar-refractivity contribution is 8.77. The predicted molar refractivity (Wildman–Crippen MR) is 255 cm³/mol. The molecule has 4 rings (SSSR count). The first-order valence-corrected chi connectivity index (χ1v) is 23.9. The molecular weight excluding hydrogens is 887 g/mol. The number of esters is 1. The van der Waals surface area contributed by atoms with E-state index in [4.69, 9.17) is 9.47 Å². The van der Waals surface area contributed by atoms with Gasteiger partial charge in [0, 0.05) is 29.9 Å². The SMILES string of the molecule is COC(=O)C[C@H](NC(=O)[C@H](Cc1ccccc1)NC(=O)[C@H](CSSC(C)(C)C)NC(=O)[C@H](C)N(C)C(=O)[C@@H](NC(=O)OCC1c2ccccc2-c2ccccc21)[C@@H](C)OC(C)(C)C)C(=O)O. The number of aliphatic carboxylic acids is 1. The third kappa shape index (κ3) is 15.5. The fraction of sp³-hybridized carbons (Fsp3) is 0.479. The summed E-state index contributed by atoms with van der Waals surface area (Å²) in [7, 11) is 5.26. The normalized spacial score (nSPS) is 15.0. The van der Waals surface area contributed by atoms with Crippen molar-refractivity contribution in [3.8, 4) is 11.1 Å². The number of amides is 5. The van der Waals surface area contributed by atoms with Gasteiger partial charge in [-0.05, 0) is 62.4 Å². The Labute approximate surface area is 394 Å². The lowest BCUT2D eigenvalue weighted by Gasteiger charge is -2.34. The van der Waals surface area contributed by atoms with E-state index in [-0.39, 0.29) is 29.4 Å². The van der Waals surface area contributed by atoms with Crippen LogP contribution in [0.2, 0.25) is 0 Å². The first-order valence-electron chi connectivity index (χ1n) is 21.6. The number of carbonyl (C=O) groups excluding carboxylic acids is 6. The molecule has 3 aromatic carbocycles. The molecule has 16 nitrogen and oxygen atoms in total. The first-order chi connectivity index (χ1) is 31.0. The van der Waals surface area contributed by atoms with E-state index >= 15 is 0 Å². The quantitative estimate of drug-likeness (QED) is 0.0662. The van der Waals surface area contributed by atoms with Gasteiger partial charge in [-0.3, -0.25) is 24.0 Å². The van der Waals surface area contributed by atoms with Crippen molar-refractivity contribution >= 4 is 63.2 Å². The number of rotatable bonds is 21. The molecule has 1 aliphatic rings. The van der Waals surface area contributed by atoms with Gasteiger partial charge >= 0.3 is 18.0 Å². The minimum atomic E-state index is -1.65. The van der Waals surface area contributed by atoms with Gasteiger partial charge in [-0.1, -0.05) is 121 Å². The second-order valence-corrected chi connectivity index (χ2v) is 21.1. The zero-order valence-electron chi connectivity index (χ0n) is 39.2. The van der Waals surface area contributed by atoms with Crippen LogP contribution >= 0.6 is 21.6 Å². The van der Waals surface area contributed by atoms with Crippen LogP contribution in [0.15, 0.2) is 78.9 Å². The van der Waals surface area contributed by atoms with Crippen LogP contribution in [-0.2, 0) is 49.4 Å². The molecule has 0 fully saturated rings. The second-order valence-electron chi connectivity index (χ2n) is 18.0. The van der Waals surface area contributed by atoms with Gasteiger partial charge in [0.25, 0.3) is 0 Å². The summed E-state index contributed by atoms with van der Waals surface area (Å²) in [5.41, 5.74) is 4.06. The number of carbonyl (C=O) groups is 7. The van der Waals surface area contributed by atoms with Gasteiger partial charge in [0.05, 0.1) is 25.2 Å². The molecular formula is C48H63N5O11S2. The number of likely N-dealkylation sites (N-methyl/N-ethyl adjacent to an activating group) is 1. The molecule has 0 unspecified atom stereocenters. The number of nitrogens with zero attached hydrogens (tertiary/aromatic N) is 1. The van der Waals surface area contributed by atoms with Crippen molar-refractivity contribution in [2.45, 2.75) is 121 Å². The molecule has 3 aromatic rings. The van der Waals surface area contributed by atoms with E-state index < -0.39 is 90.0 Å². The molecule has 0 saturated heterocycles. The van der Waals surface area contributed by atoms with Crippen molar-refractivity contribution < 1.29 is 52.9 Å². The Balaban J connectivity index is 1.53. The van der Waals surface area contributed by atoms with Crippen LogP contribution in [0.5, 0.6) is 0 Å². The van der Waals surface area contributed by atoms with Gasteiger partial charge in [-0.15, -0.1) is 0 Å². The molecule has 5 amide bonds. The van der Waals surface area contributed by atoms with Gasteiger partial charge < -0.3 is 45.5 Å². The summed E-state index contributed by atoms with van der Waals surface area (Å²) < 4.78 is 16.3. The number of ether oxygens (including phenoxy) is 3. The van der Waals surface area contributed by atoms with Gasteiger partial charge in [0.2, 0.25) is 23.6 Å². The molecule has 0 spiro atoms. The van der Waals surface area contributed by atoms with Gasteiger partial charge in [-0.2, -0.15) is 0 Å². The summed E-state index contributed by atoms with van der Waals surface area (Å²) in [5, 5.41) is 20.2. The zero-order valence-corrected chi connectivity index (χ0v) is 40.8. The highest BCUT2D eigenvalue weighted by atomic mass is 33.1. The number of carboxylic acids is 1. The summed E-state index contributed by atoms with van der Waals surface area (Å²) in [6, 6.07) is 17.8. The van der Waals surface area contributed by atoms with Crippen molar-refractivity contribution in [3.63, 3.8) is 0 Å². The Hall–Kier alpha value is -5.59. The summed E-state index contributed by atoms with van der Waals surface area (Å²) >= 11 is 0. The predicted octanol–water partition coefficient (Wildman–Crippen LogP) is 5.47. The maximum Gasteiger partial charge on any atom is 0.407 e. The molecule has 1 aliphatic carbocycles. The summed E-state index contributed by atoms with van der Waals surface area (Å²) in [6.07, 6.45) is -2.46. The van der Waals surface area contributed by atoms with E-state index in [2.05, 4.69) is 26.0 Å². The standard InChI is InChI=1S/C48H63N5O11S2/c1-28(53(9)44(58)40(29(2)64-47(3,4)5)52-46(61)63-26-35-33-22-16-14-20-31(33)32-21-15-17-23-34(32)35)41(55)51-38(27-65-66-48(6,7)8)43(57)49-36(24-30-18-12-11-13-19-30)42(56)50-37(45(59)60)25-39(54)62-10/h11-23,28-29,35-38,40H,24-27H2,1-10H3,(H,49,57)(H,50,56)(H,51,55)(H,52,61)(H,59,60)/t28-,29+,36-,37-,38-,40-/m0/s1. The Bertz CT molecular complexity index is 2150. The topological polar surface area (TPSA) is 219 Å². The number of carboxylic acid groups (broad SMARTS) is 1. The van der Waals surface area contributed by atoms with Gasteiger partial charge in [0.1, 0.15) is 36.8 Å². The molecule has 18 heteroatoms. The Morgan fingerprint density at radius 1 is 0.727 bits per heavy atom. The molecule has 0 radical (unpaired) electrons. The largest absolute Gasteiger partial charge is 0.480 e. The van der Waals surface area contributed by atoms with Crippen LogP contribution < -0.4 is 21.3 Å². The van der Waals surface area contributed by atoms with Crippen molar-refractivity contribution in [1.82, 2.24) is 26.2 Å². The second kappa shape index (κ2) is 23.7. The highest BCUT2D eigenvalue weighted by Crippen LogP contribution is 2.44. The van der Waals surface area contributed by atoms with Crippen LogP contribution in [0.25, 0.3) is 11.1 Å². The number of hydrogen-bond donors (Lipinski definition) is 5. The van der Waals surface area contributed by atoms with Crippen LogP contribution in [0.4, 0.5) is 4.79 Å². The van der Waals surface area contributed by atoms with Crippen LogP contribution in [0.1, 0.15) is 84.4 Å². The van der Waals surface area contributed by atoms with Crippen molar-refractivity contribution in [3.05, 3.63) is 95.6 Å². The average molecular weight is 950 g/mol. The Kier molecular flexibility index (Phi) is 19.1. The van der Waals surface area contributed by atoms with Gasteiger partial charge in [0.15, 0.2) is 0 Å². The number of benzene rings is 3. The van der Waals surface area contributed by atoms with E-state index in [0.29, 0.717) is 5.56 Å². The average Bonchev–Trinajstić information content (AvgIpc) is 3.58. The molecule has 358 valence electrons. The lowest BCUT2D eigenvalue weighted by molar-refractivity contribution is -0.149. The van der Waals surface area contributed by atoms with E-state index in [1.807, 2.05) is 69.3 Å². The minimum Gasteiger partial charge on any atom is -0.480 e. The lowest BCUT2D eigenvalue weighted by atomic mass is 9.98. The number of fused-ring (bicyclic) bond motifs is 3. The summed E-state index contributed by atoms with van der Waals surface area (Å²) in [6.45, 7) is 14.5. The van der Waals surface area contributed by atoms with Gasteiger partial charge in [-0.25, -0.2) is 9.59 Å². The van der Waals surface area contributed by atoms with Crippen molar-refractivity contribution in [2.75, 3.05) is 26.5 Å². The third-order valence-corrected chi connectivity index (χ3v) is 13.9. The number of hydrogen-bond acceptors (Lipinski definition) is 12. The molecule has 0 saturated carbocycles. The summed E-state index contributed by atoms with van der Waals surface area (Å²) in [5.74, 6) is -5.57. The fourth-order valence-corrected chi connectivity index (χ4v) is 9.63. The van der Waals surface area contributed by atoms with Crippen LogP contribution in [0.3, 0.4) is 0 Å². The van der Waals surface area contributed by atoms with Crippen molar-refractivity contribution in [1.29, 1.82) is 0 Å². The molecule has 5 N–H and O–H groups in total. The molecule has 0 aromatic heterocycles. The number of methoxy groups -OCH3 is 1. The third-order valence-electron chi connectivity index (χ3n) is 10.5.